The van der Waals surface area contributed by atoms with Crippen LogP contribution in [0.15, 0.2) is 0 Å². The third-order valence-corrected chi connectivity index (χ3v) is 1.49. The van der Waals surface area contributed by atoms with Gasteiger partial charge in [-0.1, -0.05) is 6.92 Å². The Bertz CT molecular complexity index is 114. The van der Waals surface area contributed by atoms with Crippen LogP contribution in [0.4, 0.5) is 4.79 Å². The van der Waals surface area contributed by atoms with Crippen LogP contribution in [0.3, 0.4) is 0 Å². The largest absolute Gasteiger partial charge is 0.465 e. The Morgan fingerprint density at radius 1 is 1.89 bits per heavy atom. The van der Waals surface area contributed by atoms with Crippen LogP contribution in [0.1, 0.15) is 20.3 Å². The topological polar surface area (TPSA) is 49.3 Å². The first-order valence-corrected chi connectivity index (χ1v) is 3.16. The molecule has 54 valence electrons. The summed E-state index contributed by atoms with van der Waals surface area (Å²) in [4.78, 5) is 9.42. The molecule has 1 unspecified atom stereocenters. The van der Waals surface area contributed by atoms with E-state index in [-0.39, 0.29) is 0 Å². The Morgan fingerprint density at radius 2 is 2.33 bits per heavy atom. The second-order valence-corrected chi connectivity index (χ2v) is 3.04. The Hall–Kier alpha value is -0.380. The van der Waals surface area contributed by atoms with Gasteiger partial charge >= 0.3 is 6.09 Å². The number of hydrogen-bond donors (Lipinski definition) is 3. The molecule has 0 spiro atoms. The van der Waals surface area contributed by atoms with Crippen LogP contribution in [0.2, 0.25) is 0 Å². The third kappa shape index (κ3) is 4.14. The van der Waals surface area contributed by atoms with Crippen molar-refractivity contribution in [2.75, 3.05) is 0 Å². The summed E-state index contributed by atoms with van der Waals surface area (Å²) in [5, 5.41) is 10.5. The van der Waals surface area contributed by atoms with Gasteiger partial charge in [0.05, 0.1) is 4.87 Å². The molecule has 0 aliphatic carbocycles. The lowest BCUT2D eigenvalue weighted by atomic mass is 10.2. The molecule has 0 bridgehead atoms. The minimum absolute atomic E-state index is 0.591. The average Bonchev–Trinajstić information content (AvgIpc) is 1.63. The molecular formula is C5H11NO2S. The van der Waals surface area contributed by atoms with Crippen LogP contribution in [-0.2, 0) is 0 Å². The number of thiol groups is 1. The molecule has 0 radical (unpaired) electrons. The van der Waals surface area contributed by atoms with E-state index in [4.69, 9.17) is 5.11 Å². The van der Waals surface area contributed by atoms with Gasteiger partial charge in [-0.25, -0.2) is 4.79 Å². The summed E-state index contributed by atoms with van der Waals surface area (Å²) in [5.41, 5.74) is 0. The van der Waals surface area contributed by atoms with E-state index >= 15 is 0 Å². The summed E-state index contributed by atoms with van der Waals surface area (Å²) in [6.45, 7) is 3.58. The maximum absolute atomic E-state index is 10.0. The van der Waals surface area contributed by atoms with Crippen molar-refractivity contribution >= 4 is 18.7 Å². The van der Waals surface area contributed by atoms with E-state index in [1.807, 2.05) is 6.92 Å². The van der Waals surface area contributed by atoms with Gasteiger partial charge in [0, 0.05) is 0 Å². The van der Waals surface area contributed by atoms with E-state index in [9.17, 15) is 4.79 Å². The van der Waals surface area contributed by atoms with Gasteiger partial charge in [0.1, 0.15) is 0 Å². The minimum atomic E-state index is -1.03. The lowest BCUT2D eigenvalue weighted by Crippen LogP contribution is -2.39. The van der Waals surface area contributed by atoms with Gasteiger partial charge in [0.2, 0.25) is 0 Å². The zero-order valence-electron chi connectivity index (χ0n) is 5.51. The van der Waals surface area contributed by atoms with Crippen LogP contribution in [0.5, 0.6) is 0 Å². The monoisotopic (exact) mass is 149 g/mol. The summed E-state index contributed by atoms with van der Waals surface area (Å²) in [5.74, 6) is 0. The van der Waals surface area contributed by atoms with Crippen molar-refractivity contribution in [1.29, 1.82) is 0 Å². The van der Waals surface area contributed by atoms with E-state index < -0.39 is 11.0 Å². The molecule has 0 aliphatic heterocycles. The fourth-order valence-electron chi connectivity index (χ4n) is 0.319. The first kappa shape index (κ1) is 8.62. The van der Waals surface area contributed by atoms with Crippen molar-refractivity contribution < 1.29 is 9.90 Å². The fraction of sp³-hybridized carbons (Fsp3) is 0.800. The normalized spacial score (nSPS) is 16.3. The molecular weight excluding hydrogens is 138 g/mol. The van der Waals surface area contributed by atoms with Gasteiger partial charge in [-0.2, -0.15) is 12.6 Å². The Labute approximate surface area is 59.9 Å². The highest BCUT2D eigenvalue weighted by Crippen LogP contribution is 2.12. The highest BCUT2D eigenvalue weighted by Gasteiger charge is 2.17. The van der Waals surface area contributed by atoms with Gasteiger partial charge in [0.15, 0.2) is 0 Å². The van der Waals surface area contributed by atoms with Crippen LogP contribution in [0.25, 0.3) is 0 Å². The highest BCUT2D eigenvalue weighted by atomic mass is 32.1. The van der Waals surface area contributed by atoms with Crippen molar-refractivity contribution in [1.82, 2.24) is 5.32 Å². The first-order valence-electron chi connectivity index (χ1n) is 2.71. The SMILES string of the molecule is CCC(C)(S)NC(=O)O. The number of amides is 1. The maximum atomic E-state index is 10.0. The van der Waals surface area contributed by atoms with Crippen LogP contribution >= 0.6 is 12.6 Å². The summed E-state index contributed by atoms with van der Waals surface area (Å²) >= 11 is 4.03. The van der Waals surface area contributed by atoms with Crippen molar-refractivity contribution in [3.8, 4) is 0 Å². The van der Waals surface area contributed by atoms with Gasteiger partial charge in [0.25, 0.3) is 0 Å². The molecule has 3 nitrogen and oxygen atoms in total. The van der Waals surface area contributed by atoms with Gasteiger partial charge in [-0.3, -0.25) is 0 Å². The number of rotatable bonds is 2. The molecule has 0 saturated heterocycles. The van der Waals surface area contributed by atoms with Gasteiger partial charge in [-0.15, -0.1) is 0 Å². The molecule has 1 atom stereocenters. The Kier molecular flexibility index (Phi) is 2.84. The lowest BCUT2D eigenvalue weighted by molar-refractivity contribution is 0.188. The molecule has 0 aromatic carbocycles. The summed E-state index contributed by atoms with van der Waals surface area (Å²) in [6.07, 6.45) is -0.364. The molecule has 9 heavy (non-hydrogen) atoms. The van der Waals surface area contributed by atoms with Crippen molar-refractivity contribution in [2.45, 2.75) is 25.1 Å². The van der Waals surface area contributed by atoms with E-state index in [1.165, 1.54) is 0 Å². The second-order valence-electron chi connectivity index (χ2n) is 2.06. The smallest absolute Gasteiger partial charge is 0.405 e. The molecule has 2 N–H and O–H groups in total. The molecule has 0 fully saturated rings. The van der Waals surface area contributed by atoms with Crippen molar-refractivity contribution in [2.24, 2.45) is 0 Å². The average molecular weight is 149 g/mol. The zero-order chi connectivity index (χ0) is 7.49. The van der Waals surface area contributed by atoms with E-state index in [1.54, 1.807) is 6.92 Å². The predicted molar refractivity (Wildman–Crippen MR) is 38.8 cm³/mol. The molecule has 0 aromatic rings. The molecule has 0 saturated carbocycles. The predicted octanol–water partition coefficient (Wildman–Crippen LogP) is 1.31. The van der Waals surface area contributed by atoms with Crippen LogP contribution < -0.4 is 5.32 Å². The zero-order valence-corrected chi connectivity index (χ0v) is 6.40. The lowest BCUT2D eigenvalue weighted by Gasteiger charge is -2.20. The standard InChI is InChI=1S/C5H11NO2S/c1-3-5(2,9)6-4(7)8/h6,9H,3H2,1-2H3,(H,7,8). The van der Waals surface area contributed by atoms with E-state index in [2.05, 4.69) is 17.9 Å². The second kappa shape index (κ2) is 2.96. The van der Waals surface area contributed by atoms with Gasteiger partial charge < -0.3 is 10.4 Å². The molecule has 0 heterocycles. The minimum Gasteiger partial charge on any atom is -0.465 e. The molecule has 0 aliphatic rings. The Morgan fingerprint density at radius 3 is 2.44 bits per heavy atom. The maximum Gasteiger partial charge on any atom is 0.405 e. The number of carboxylic acid groups (broad SMARTS) is 1. The molecule has 1 amide bonds. The first-order chi connectivity index (χ1) is 3.98. The van der Waals surface area contributed by atoms with Crippen LogP contribution in [0, 0.1) is 0 Å². The summed E-state index contributed by atoms with van der Waals surface area (Å²) in [7, 11) is 0. The highest BCUT2D eigenvalue weighted by molar-refractivity contribution is 7.81. The van der Waals surface area contributed by atoms with E-state index in [0.29, 0.717) is 6.42 Å². The summed E-state index contributed by atoms with van der Waals surface area (Å²) in [6, 6.07) is 0. The number of nitrogens with one attached hydrogen (secondary N) is 1. The Balaban J connectivity index is 3.71. The fourth-order valence-corrected chi connectivity index (χ4v) is 0.414. The quantitative estimate of drug-likeness (QED) is 0.409. The van der Waals surface area contributed by atoms with Crippen molar-refractivity contribution in [3.63, 3.8) is 0 Å². The molecule has 0 aromatic heterocycles. The van der Waals surface area contributed by atoms with E-state index in [0.717, 1.165) is 0 Å². The van der Waals surface area contributed by atoms with Gasteiger partial charge in [-0.05, 0) is 13.3 Å². The summed E-state index contributed by atoms with van der Waals surface area (Å²) < 4.78 is 0. The molecule has 0 rings (SSSR count). The van der Waals surface area contributed by atoms with Crippen molar-refractivity contribution in [3.05, 3.63) is 0 Å². The third-order valence-electron chi connectivity index (χ3n) is 1.06. The number of carbonyl (C=O) groups is 1. The van der Waals surface area contributed by atoms with Crippen LogP contribution in [-0.4, -0.2) is 16.1 Å². The molecule has 4 heteroatoms. The number of hydrogen-bond acceptors (Lipinski definition) is 2.